The molecule has 0 aliphatic heterocycles. The molecule has 0 aliphatic carbocycles. The van der Waals surface area contributed by atoms with Crippen LogP contribution in [0.2, 0.25) is 0 Å². The average Bonchev–Trinajstić information content (AvgIpc) is 3.02. The van der Waals surface area contributed by atoms with Crippen LogP contribution in [0.3, 0.4) is 0 Å². The highest BCUT2D eigenvalue weighted by atomic mass is 32.2. The minimum Gasteiger partial charge on any atom is -0.152 e. The monoisotopic (exact) mass is 518 g/mol. The van der Waals surface area contributed by atoms with Gasteiger partial charge in [0.05, 0.1) is 0 Å². The van der Waals surface area contributed by atoms with Crippen molar-refractivity contribution in [3.05, 3.63) is 169 Å². The molecular formula is C38H30S. The third-order valence-electron chi connectivity index (χ3n) is 7.11. The van der Waals surface area contributed by atoms with Crippen LogP contribution in [0.25, 0.3) is 44.5 Å². The van der Waals surface area contributed by atoms with E-state index in [9.17, 15) is 0 Å². The van der Waals surface area contributed by atoms with Gasteiger partial charge in [0.15, 0.2) is 0 Å². The van der Waals surface area contributed by atoms with Gasteiger partial charge in [0, 0.05) is 11.5 Å². The topological polar surface area (TPSA) is 0 Å². The van der Waals surface area contributed by atoms with Crippen LogP contribution in [-0.2, 0) is 11.5 Å². The van der Waals surface area contributed by atoms with Gasteiger partial charge in [-0.3, -0.25) is 0 Å². The van der Waals surface area contributed by atoms with Gasteiger partial charge in [-0.05, 0) is 55.6 Å². The maximum atomic E-state index is 2.29. The van der Waals surface area contributed by atoms with Crippen LogP contribution in [0.1, 0.15) is 11.1 Å². The summed E-state index contributed by atoms with van der Waals surface area (Å²) >= 11 is 1.98. The van der Waals surface area contributed by atoms with E-state index in [4.69, 9.17) is 0 Å². The zero-order chi connectivity index (χ0) is 26.3. The first-order valence-electron chi connectivity index (χ1n) is 13.4. The van der Waals surface area contributed by atoms with Crippen molar-refractivity contribution in [3.8, 4) is 44.5 Å². The summed E-state index contributed by atoms with van der Waals surface area (Å²) in [5.41, 5.74) is 13.0. The molecule has 6 aromatic rings. The zero-order valence-corrected chi connectivity index (χ0v) is 22.7. The fourth-order valence-corrected chi connectivity index (χ4v) is 6.34. The zero-order valence-electron chi connectivity index (χ0n) is 21.8. The highest BCUT2D eigenvalue weighted by Gasteiger charge is 2.15. The Morgan fingerprint density at radius 3 is 1.00 bits per heavy atom. The predicted molar refractivity (Wildman–Crippen MR) is 170 cm³/mol. The molecule has 188 valence electrons. The van der Waals surface area contributed by atoms with Crippen LogP contribution in [-0.4, -0.2) is 0 Å². The predicted octanol–water partition coefficient (Wildman–Crippen LogP) is 10.8. The maximum absolute atomic E-state index is 2.29. The van der Waals surface area contributed by atoms with Gasteiger partial charge >= 0.3 is 0 Å². The normalized spacial score (nSPS) is 10.9. The fraction of sp³-hybridized carbons (Fsp3) is 0.0526. The van der Waals surface area contributed by atoms with E-state index in [2.05, 4.69) is 158 Å². The molecule has 0 aromatic heterocycles. The summed E-state index contributed by atoms with van der Waals surface area (Å²) in [6.07, 6.45) is 0. The van der Waals surface area contributed by atoms with Gasteiger partial charge in [-0.1, -0.05) is 158 Å². The summed E-state index contributed by atoms with van der Waals surface area (Å²) in [6, 6.07) is 56.6. The fourth-order valence-electron chi connectivity index (χ4n) is 5.32. The molecule has 0 fully saturated rings. The number of hydrogen-bond donors (Lipinski definition) is 0. The summed E-state index contributed by atoms with van der Waals surface area (Å²) < 4.78 is 0. The second-order valence-electron chi connectivity index (χ2n) is 9.64. The van der Waals surface area contributed by atoms with Gasteiger partial charge in [-0.25, -0.2) is 0 Å². The number of thioether (sulfide) groups is 1. The minimum atomic E-state index is 0.939. The molecule has 0 atom stereocenters. The Labute approximate surface area is 236 Å². The lowest BCUT2D eigenvalue weighted by molar-refractivity contribution is 1.36. The smallest absolute Gasteiger partial charge is 0.0194 e. The summed E-state index contributed by atoms with van der Waals surface area (Å²) in [5, 5.41) is 0. The molecule has 0 aliphatic rings. The highest BCUT2D eigenvalue weighted by molar-refractivity contribution is 7.97. The number of benzene rings is 6. The number of hydrogen-bond acceptors (Lipinski definition) is 1. The molecule has 0 heterocycles. The minimum absolute atomic E-state index is 0.939. The largest absolute Gasteiger partial charge is 0.152 e. The van der Waals surface area contributed by atoms with Crippen LogP contribution in [0.15, 0.2) is 158 Å². The van der Waals surface area contributed by atoms with E-state index < -0.39 is 0 Å². The molecule has 1 heteroatoms. The van der Waals surface area contributed by atoms with Crippen molar-refractivity contribution in [1.82, 2.24) is 0 Å². The van der Waals surface area contributed by atoms with Crippen molar-refractivity contribution in [2.45, 2.75) is 11.5 Å². The van der Waals surface area contributed by atoms with Crippen molar-refractivity contribution < 1.29 is 0 Å². The Balaban J connectivity index is 1.35. The van der Waals surface area contributed by atoms with Gasteiger partial charge in [-0.2, -0.15) is 11.8 Å². The summed E-state index contributed by atoms with van der Waals surface area (Å²) in [5.74, 6) is 1.88. The molecule has 0 amide bonds. The first-order chi connectivity index (χ1) is 19.4. The van der Waals surface area contributed by atoms with Crippen molar-refractivity contribution in [1.29, 1.82) is 0 Å². The summed E-state index contributed by atoms with van der Waals surface area (Å²) in [7, 11) is 0. The Hall–Kier alpha value is -4.33. The SMILES string of the molecule is c1ccc(-c2cccc(CSCc3cccc(-c4ccccc4)c3-c3ccccc3)c2-c2ccccc2)cc1. The molecule has 0 saturated heterocycles. The van der Waals surface area contributed by atoms with Crippen molar-refractivity contribution >= 4 is 11.8 Å². The molecule has 0 nitrogen and oxygen atoms in total. The van der Waals surface area contributed by atoms with E-state index >= 15 is 0 Å². The van der Waals surface area contributed by atoms with Crippen LogP contribution in [0.5, 0.6) is 0 Å². The van der Waals surface area contributed by atoms with Crippen LogP contribution >= 0.6 is 11.8 Å². The Morgan fingerprint density at radius 2 is 0.641 bits per heavy atom. The van der Waals surface area contributed by atoms with E-state index in [0.717, 1.165) is 11.5 Å². The van der Waals surface area contributed by atoms with Gasteiger partial charge in [0.2, 0.25) is 0 Å². The highest BCUT2D eigenvalue weighted by Crippen LogP contribution is 2.39. The summed E-state index contributed by atoms with van der Waals surface area (Å²) in [4.78, 5) is 0. The van der Waals surface area contributed by atoms with Gasteiger partial charge < -0.3 is 0 Å². The van der Waals surface area contributed by atoms with Crippen LogP contribution < -0.4 is 0 Å². The second kappa shape index (κ2) is 12.0. The third kappa shape index (κ3) is 5.60. The van der Waals surface area contributed by atoms with E-state index in [1.165, 1.54) is 55.6 Å². The molecule has 0 radical (unpaired) electrons. The molecule has 0 saturated carbocycles. The third-order valence-corrected chi connectivity index (χ3v) is 8.14. The van der Waals surface area contributed by atoms with Crippen molar-refractivity contribution in [3.63, 3.8) is 0 Å². The van der Waals surface area contributed by atoms with Crippen LogP contribution in [0, 0.1) is 0 Å². The lowest BCUT2D eigenvalue weighted by Crippen LogP contribution is -1.95. The van der Waals surface area contributed by atoms with Gasteiger partial charge in [0.1, 0.15) is 0 Å². The van der Waals surface area contributed by atoms with Gasteiger partial charge in [-0.15, -0.1) is 0 Å². The average molecular weight is 519 g/mol. The molecule has 6 aromatic carbocycles. The van der Waals surface area contributed by atoms with E-state index in [0.29, 0.717) is 0 Å². The molecule has 6 rings (SSSR count). The second-order valence-corrected chi connectivity index (χ2v) is 10.6. The van der Waals surface area contributed by atoms with Gasteiger partial charge in [0.25, 0.3) is 0 Å². The quantitative estimate of drug-likeness (QED) is 0.193. The Kier molecular flexibility index (Phi) is 7.70. The molecule has 39 heavy (non-hydrogen) atoms. The molecule has 0 bridgehead atoms. The molecule has 0 spiro atoms. The first-order valence-corrected chi connectivity index (χ1v) is 14.6. The van der Waals surface area contributed by atoms with Crippen molar-refractivity contribution in [2.75, 3.05) is 0 Å². The molecule has 0 N–H and O–H groups in total. The lowest BCUT2D eigenvalue weighted by atomic mass is 9.91. The number of rotatable bonds is 8. The summed E-state index contributed by atoms with van der Waals surface area (Å²) in [6.45, 7) is 0. The first kappa shape index (κ1) is 25.0. The van der Waals surface area contributed by atoms with E-state index in [1.807, 2.05) is 11.8 Å². The van der Waals surface area contributed by atoms with E-state index in [-0.39, 0.29) is 0 Å². The Bertz CT molecular complexity index is 1510. The lowest BCUT2D eigenvalue weighted by Gasteiger charge is -2.18. The van der Waals surface area contributed by atoms with Crippen molar-refractivity contribution in [2.24, 2.45) is 0 Å². The Morgan fingerprint density at radius 1 is 0.308 bits per heavy atom. The van der Waals surface area contributed by atoms with E-state index in [1.54, 1.807) is 0 Å². The molecular weight excluding hydrogens is 488 g/mol. The van der Waals surface area contributed by atoms with Crippen LogP contribution in [0.4, 0.5) is 0 Å². The standard InChI is InChI=1S/C38H30S/c1-5-15-29(16-6-1)35-25-13-23-33(37(35)31-19-9-3-10-20-31)27-39-28-34-24-14-26-36(30-17-7-2-8-18-30)38(34)32-21-11-4-12-22-32/h1-26H,27-28H2. The molecule has 0 unspecified atom stereocenters. The maximum Gasteiger partial charge on any atom is 0.0194 e.